The molecule has 0 saturated carbocycles. The van der Waals surface area contributed by atoms with Gasteiger partial charge in [0.25, 0.3) is 11.6 Å². The number of amides is 1. The van der Waals surface area contributed by atoms with Gasteiger partial charge in [-0.3, -0.25) is 14.9 Å². The summed E-state index contributed by atoms with van der Waals surface area (Å²) in [5.74, 6) is -0.488. The van der Waals surface area contributed by atoms with Crippen LogP contribution < -0.4 is 5.32 Å². The molecule has 0 aliphatic heterocycles. The van der Waals surface area contributed by atoms with Gasteiger partial charge in [-0.25, -0.2) is 0 Å². The minimum atomic E-state index is -0.596. The zero-order valence-electron chi connectivity index (χ0n) is 10.1. The fraction of sp³-hybridized carbons (Fsp3) is 0.308. The van der Waals surface area contributed by atoms with Crippen molar-refractivity contribution in [2.45, 2.75) is 25.3 Å². The first-order valence-corrected chi connectivity index (χ1v) is 6.36. The van der Waals surface area contributed by atoms with E-state index in [1.807, 2.05) is 6.08 Å². The molecule has 1 N–H and O–H groups in total. The molecule has 1 atom stereocenters. The summed E-state index contributed by atoms with van der Waals surface area (Å²) in [7, 11) is 0. The van der Waals surface area contributed by atoms with Gasteiger partial charge in [0.15, 0.2) is 0 Å². The van der Waals surface area contributed by atoms with E-state index in [9.17, 15) is 14.9 Å². The average Bonchev–Trinajstić information content (AvgIpc) is 2.39. The number of allylic oxidation sites excluding steroid dienone is 1. The van der Waals surface area contributed by atoms with Crippen molar-refractivity contribution < 1.29 is 9.72 Å². The summed E-state index contributed by atoms with van der Waals surface area (Å²) >= 11 is 5.91. The van der Waals surface area contributed by atoms with E-state index in [0.29, 0.717) is 0 Å². The lowest BCUT2D eigenvalue weighted by atomic mass is 10.0. The third-order valence-electron chi connectivity index (χ3n) is 3.02. The predicted molar refractivity (Wildman–Crippen MR) is 72.4 cm³/mol. The van der Waals surface area contributed by atoms with E-state index >= 15 is 0 Å². The highest BCUT2D eigenvalue weighted by atomic mass is 35.5. The Morgan fingerprint density at radius 1 is 1.42 bits per heavy atom. The first kappa shape index (κ1) is 13.5. The molecule has 0 unspecified atom stereocenters. The van der Waals surface area contributed by atoms with Crippen molar-refractivity contribution in [3.8, 4) is 0 Å². The molecule has 0 radical (unpaired) electrons. The van der Waals surface area contributed by atoms with E-state index in [-0.39, 0.29) is 22.3 Å². The van der Waals surface area contributed by atoms with Crippen LogP contribution in [0.5, 0.6) is 0 Å². The predicted octanol–water partition coefficient (Wildman–Crippen LogP) is 3.09. The summed E-state index contributed by atoms with van der Waals surface area (Å²) in [6.07, 6.45) is 6.52. The van der Waals surface area contributed by atoms with Crippen LogP contribution >= 0.6 is 11.6 Å². The maximum Gasteiger partial charge on any atom is 0.283 e. The van der Waals surface area contributed by atoms with Crippen molar-refractivity contribution in [1.82, 2.24) is 5.32 Å². The van der Waals surface area contributed by atoms with E-state index in [1.165, 1.54) is 18.2 Å². The lowest BCUT2D eigenvalue weighted by Crippen LogP contribution is -2.35. The molecule has 0 saturated heterocycles. The number of halogens is 1. The van der Waals surface area contributed by atoms with Crippen LogP contribution in [0.2, 0.25) is 5.02 Å². The number of nitro benzene ring substituents is 1. The zero-order valence-corrected chi connectivity index (χ0v) is 10.9. The topological polar surface area (TPSA) is 72.2 Å². The lowest BCUT2D eigenvalue weighted by molar-refractivity contribution is -0.385. The van der Waals surface area contributed by atoms with Crippen molar-refractivity contribution in [2.24, 2.45) is 0 Å². The van der Waals surface area contributed by atoms with Crippen molar-refractivity contribution in [3.05, 3.63) is 51.1 Å². The van der Waals surface area contributed by atoms with Crippen LogP contribution in [0, 0.1) is 10.1 Å². The van der Waals surface area contributed by atoms with Gasteiger partial charge in [-0.15, -0.1) is 0 Å². The highest BCUT2D eigenvalue weighted by Gasteiger charge is 2.25. The van der Waals surface area contributed by atoms with Crippen LogP contribution in [-0.4, -0.2) is 16.9 Å². The largest absolute Gasteiger partial charge is 0.349 e. The third-order valence-corrected chi connectivity index (χ3v) is 3.33. The molecule has 6 heteroatoms. The van der Waals surface area contributed by atoms with Gasteiger partial charge >= 0.3 is 0 Å². The van der Waals surface area contributed by atoms with Gasteiger partial charge in [0.2, 0.25) is 0 Å². The summed E-state index contributed by atoms with van der Waals surface area (Å²) in [5, 5.41) is 13.8. The van der Waals surface area contributed by atoms with Gasteiger partial charge in [0.1, 0.15) is 5.56 Å². The molecule has 19 heavy (non-hydrogen) atoms. The second-order valence-corrected chi connectivity index (χ2v) is 4.75. The van der Waals surface area contributed by atoms with Crippen molar-refractivity contribution in [2.75, 3.05) is 0 Å². The Kier molecular flexibility index (Phi) is 4.16. The van der Waals surface area contributed by atoms with Crippen LogP contribution in [0.4, 0.5) is 5.69 Å². The minimum Gasteiger partial charge on any atom is -0.349 e. The van der Waals surface area contributed by atoms with Crippen LogP contribution in [-0.2, 0) is 0 Å². The Labute approximate surface area is 115 Å². The molecule has 0 fully saturated rings. The first-order valence-electron chi connectivity index (χ1n) is 5.98. The smallest absolute Gasteiger partial charge is 0.283 e. The minimum absolute atomic E-state index is 0.00776. The first-order chi connectivity index (χ1) is 9.09. The summed E-state index contributed by atoms with van der Waals surface area (Å²) in [6.45, 7) is 0. The fourth-order valence-electron chi connectivity index (χ4n) is 2.07. The molecule has 2 rings (SSSR count). The van der Waals surface area contributed by atoms with E-state index in [0.717, 1.165) is 19.3 Å². The maximum absolute atomic E-state index is 12.1. The Hall–Kier alpha value is -1.88. The quantitative estimate of drug-likeness (QED) is 0.525. The SMILES string of the molecule is O=C(N[C@@H]1CC=CCC1)c1c(Cl)cccc1[N+](=O)[O-]. The molecular weight excluding hydrogens is 268 g/mol. The number of benzene rings is 1. The number of nitrogens with one attached hydrogen (secondary N) is 1. The molecule has 1 aromatic rings. The Morgan fingerprint density at radius 2 is 2.21 bits per heavy atom. The van der Waals surface area contributed by atoms with Gasteiger partial charge in [-0.2, -0.15) is 0 Å². The van der Waals surface area contributed by atoms with E-state index in [4.69, 9.17) is 11.6 Å². The van der Waals surface area contributed by atoms with Gasteiger partial charge in [-0.05, 0) is 25.3 Å². The molecule has 5 nitrogen and oxygen atoms in total. The molecular formula is C13H13ClN2O3. The van der Waals surface area contributed by atoms with E-state index in [2.05, 4.69) is 11.4 Å². The molecule has 1 amide bonds. The molecule has 1 aromatic carbocycles. The molecule has 0 aromatic heterocycles. The summed E-state index contributed by atoms with van der Waals surface area (Å²) in [6, 6.07) is 4.22. The van der Waals surface area contributed by atoms with E-state index < -0.39 is 10.8 Å². The monoisotopic (exact) mass is 280 g/mol. The maximum atomic E-state index is 12.1. The number of hydrogen-bond acceptors (Lipinski definition) is 3. The molecule has 0 spiro atoms. The number of rotatable bonds is 3. The average molecular weight is 281 g/mol. The van der Waals surface area contributed by atoms with Gasteiger partial charge < -0.3 is 5.32 Å². The van der Waals surface area contributed by atoms with E-state index in [1.54, 1.807) is 0 Å². The molecule has 100 valence electrons. The lowest BCUT2D eigenvalue weighted by Gasteiger charge is -2.19. The van der Waals surface area contributed by atoms with Crippen LogP contribution in [0.25, 0.3) is 0 Å². The highest BCUT2D eigenvalue weighted by molar-refractivity contribution is 6.34. The highest BCUT2D eigenvalue weighted by Crippen LogP contribution is 2.26. The number of carbonyl (C=O) groups is 1. The number of carbonyl (C=O) groups excluding carboxylic acids is 1. The standard InChI is InChI=1S/C13H13ClN2O3/c14-10-7-4-8-11(16(18)19)12(10)13(17)15-9-5-2-1-3-6-9/h1-2,4,7-9H,3,5-6H2,(H,15,17)/t9-/m1/s1. The van der Waals surface area contributed by atoms with Crippen LogP contribution in [0.15, 0.2) is 30.4 Å². The molecule has 0 heterocycles. The third kappa shape index (κ3) is 3.12. The second-order valence-electron chi connectivity index (χ2n) is 4.35. The Balaban J connectivity index is 2.23. The fourth-order valence-corrected chi connectivity index (χ4v) is 2.33. The Morgan fingerprint density at radius 3 is 2.84 bits per heavy atom. The molecule has 1 aliphatic rings. The summed E-state index contributed by atoms with van der Waals surface area (Å²) in [5.41, 5.74) is -0.333. The van der Waals surface area contributed by atoms with Crippen molar-refractivity contribution >= 4 is 23.2 Å². The normalized spacial score (nSPS) is 18.1. The van der Waals surface area contributed by atoms with Crippen molar-refractivity contribution in [1.29, 1.82) is 0 Å². The number of nitrogens with zero attached hydrogens (tertiary/aromatic N) is 1. The van der Waals surface area contributed by atoms with Crippen LogP contribution in [0.3, 0.4) is 0 Å². The number of nitro groups is 1. The second kappa shape index (κ2) is 5.84. The summed E-state index contributed by atoms with van der Waals surface area (Å²) < 4.78 is 0. The van der Waals surface area contributed by atoms with Gasteiger partial charge in [-0.1, -0.05) is 29.8 Å². The van der Waals surface area contributed by atoms with Crippen molar-refractivity contribution in [3.63, 3.8) is 0 Å². The van der Waals surface area contributed by atoms with Gasteiger partial charge in [0, 0.05) is 12.1 Å². The number of hydrogen-bond donors (Lipinski definition) is 1. The molecule has 0 bridgehead atoms. The zero-order chi connectivity index (χ0) is 13.8. The summed E-state index contributed by atoms with van der Waals surface area (Å²) in [4.78, 5) is 22.5. The van der Waals surface area contributed by atoms with Crippen LogP contribution in [0.1, 0.15) is 29.6 Å². The Bertz CT molecular complexity index is 543. The molecule has 1 aliphatic carbocycles. The van der Waals surface area contributed by atoms with Gasteiger partial charge in [0.05, 0.1) is 9.95 Å².